The van der Waals surface area contributed by atoms with Gasteiger partial charge in [0.05, 0.1) is 12.9 Å². The molecule has 3 rings (SSSR count). The number of fused-ring (bicyclic) bond motifs is 1. The van der Waals surface area contributed by atoms with Crippen LogP contribution in [-0.4, -0.2) is 58.5 Å². The number of ether oxygens (including phenoxy) is 2. The lowest BCUT2D eigenvalue weighted by atomic mass is 9.81. The van der Waals surface area contributed by atoms with E-state index in [-0.39, 0.29) is 5.41 Å². The first-order valence-corrected chi connectivity index (χ1v) is 9.95. The first-order chi connectivity index (χ1) is 10.00. The Bertz CT molecular complexity index is 460. The van der Waals surface area contributed by atoms with Crippen LogP contribution in [0.1, 0.15) is 32.1 Å². The van der Waals surface area contributed by atoms with Gasteiger partial charge in [-0.3, -0.25) is 0 Å². The molecule has 2 saturated heterocycles. The molecule has 1 aliphatic carbocycles. The molecule has 21 heavy (non-hydrogen) atoms. The highest BCUT2D eigenvalue weighted by atomic mass is 32.2. The molecule has 2 atom stereocenters. The van der Waals surface area contributed by atoms with Crippen molar-refractivity contribution in [2.24, 2.45) is 17.3 Å². The average molecular weight is 317 g/mol. The highest BCUT2D eigenvalue weighted by Gasteiger charge is 2.51. The van der Waals surface area contributed by atoms with Crippen LogP contribution in [0.4, 0.5) is 0 Å². The van der Waals surface area contributed by atoms with Gasteiger partial charge in [0.15, 0.2) is 0 Å². The van der Waals surface area contributed by atoms with Crippen LogP contribution < -0.4 is 0 Å². The predicted molar refractivity (Wildman–Crippen MR) is 80.6 cm³/mol. The highest BCUT2D eigenvalue weighted by molar-refractivity contribution is 7.88. The number of nitrogens with zero attached hydrogens (tertiary/aromatic N) is 1. The Hall–Kier alpha value is -0.170. The van der Waals surface area contributed by atoms with Gasteiger partial charge in [-0.25, -0.2) is 12.7 Å². The molecule has 0 unspecified atom stereocenters. The van der Waals surface area contributed by atoms with Gasteiger partial charge in [0.2, 0.25) is 10.0 Å². The fraction of sp³-hybridized carbons (Fsp3) is 1.00. The van der Waals surface area contributed by atoms with Crippen molar-refractivity contribution < 1.29 is 17.9 Å². The smallest absolute Gasteiger partial charge is 0.211 e. The third kappa shape index (κ3) is 3.44. The Balaban J connectivity index is 1.55. The maximum Gasteiger partial charge on any atom is 0.211 e. The van der Waals surface area contributed by atoms with Crippen LogP contribution >= 0.6 is 0 Å². The minimum absolute atomic E-state index is 0.0776. The molecule has 5 nitrogen and oxygen atoms in total. The lowest BCUT2D eigenvalue weighted by Crippen LogP contribution is -2.35. The maximum absolute atomic E-state index is 11.8. The van der Waals surface area contributed by atoms with Crippen LogP contribution in [0, 0.1) is 17.3 Å². The summed E-state index contributed by atoms with van der Waals surface area (Å²) >= 11 is 0. The van der Waals surface area contributed by atoms with Gasteiger partial charge in [-0.15, -0.1) is 0 Å². The minimum Gasteiger partial charge on any atom is -0.381 e. The van der Waals surface area contributed by atoms with Crippen LogP contribution in [0.2, 0.25) is 0 Å². The lowest BCUT2D eigenvalue weighted by Gasteiger charge is -2.30. The van der Waals surface area contributed by atoms with Gasteiger partial charge in [-0.2, -0.15) is 0 Å². The van der Waals surface area contributed by atoms with Gasteiger partial charge in [0.1, 0.15) is 0 Å². The van der Waals surface area contributed by atoms with Crippen molar-refractivity contribution in [3.8, 4) is 0 Å². The molecule has 122 valence electrons. The molecular weight excluding hydrogens is 290 g/mol. The molecule has 0 N–H and O–H groups in total. The molecule has 6 heteroatoms. The average Bonchev–Trinajstić information content (AvgIpc) is 2.96. The summed E-state index contributed by atoms with van der Waals surface area (Å²) in [5.41, 5.74) is 0.0776. The van der Waals surface area contributed by atoms with E-state index in [0.717, 1.165) is 52.1 Å². The topological polar surface area (TPSA) is 55.8 Å². The van der Waals surface area contributed by atoms with Gasteiger partial charge in [-0.1, -0.05) is 6.42 Å². The zero-order valence-electron chi connectivity index (χ0n) is 12.9. The standard InChI is InChI=1S/C15H27NO4S/c1-21(17,18)16-9-14-3-2-6-15(14,11-16)12-20-10-13-4-7-19-8-5-13/h13-14H,2-12H2,1H3/t14-,15+/m0/s1. The van der Waals surface area contributed by atoms with Gasteiger partial charge in [0, 0.05) is 38.3 Å². The van der Waals surface area contributed by atoms with E-state index in [0.29, 0.717) is 24.9 Å². The molecule has 0 spiro atoms. The maximum atomic E-state index is 11.8. The second kappa shape index (κ2) is 6.14. The van der Waals surface area contributed by atoms with E-state index in [1.54, 1.807) is 4.31 Å². The van der Waals surface area contributed by atoms with Crippen LogP contribution in [0.3, 0.4) is 0 Å². The summed E-state index contributed by atoms with van der Waals surface area (Å²) in [4.78, 5) is 0. The van der Waals surface area contributed by atoms with Crippen molar-refractivity contribution >= 4 is 10.0 Å². The van der Waals surface area contributed by atoms with Crippen molar-refractivity contribution in [2.75, 3.05) is 45.8 Å². The van der Waals surface area contributed by atoms with Crippen molar-refractivity contribution in [2.45, 2.75) is 32.1 Å². The molecular formula is C15H27NO4S. The van der Waals surface area contributed by atoms with Gasteiger partial charge >= 0.3 is 0 Å². The van der Waals surface area contributed by atoms with Crippen molar-refractivity contribution in [1.29, 1.82) is 0 Å². The summed E-state index contributed by atoms with van der Waals surface area (Å²) in [7, 11) is -3.07. The molecule has 1 saturated carbocycles. The zero-order chi connectivity index (χ0) is 14.9. The van der Waals surface area contributed by atoms with Crippen LogP contribution in [0.5, 0.6) is 0 Å². The molecule has 0 bridgehead atoms. The fourth-order valence-electron chi connectivity index (χ4n) is 4.20. The predicted octanol–water partition coefficient (Wildman–Crippen LogP) is 1.49. The fourth-order valence-corrected chi connectivity index (χ4v) is 5.14. The first kappa shape index (κ1) is 15.7. The van der Waals surface area contributed by atoms with Crippen molar-refractivity contribution in [1.82, 2.24) is 4.31 Å². The second-order valence-corrected chi connectivity index (χ2v) is 9.06. The Morgan fingerprint density at radius 1 is 1.29 bits per heavy atom. The zero-order valence-corrected chi connectivity index (χ0v) is 13.7. The van der Waals surface area contributed by atoms with E-state index >= 15 is 0 Å². The van der Waals surface area contributed by atoms with Gasteiger partial charge in [-0.05, 0) is 37.5 Å². The lowest BCUT2D eigenvalue weighted by molar-refractivity contribution is -0.0116. The Morgan fingerprint density at radius 3 is 2.76 bits per heavy atom. The van der Waals surface area contributed by atoms with E-state index in [4.69, 9.17) is 9.47 Å². The summed E-state index contributed by atoms with van der Waals surface area (Å²) < 4.78 is 36.7. The van der Waals surface area contributed by atoms with Crippen molar-refractivity contribution in [3.63, 3.8) is 0 Å². The third-order valence-corrected chi connectivity index (χ3v) is 6.78. The molecule has 0 aromatic heterocycles. The second-order valence-electron chi connectivity index (χ2n) is 7.08. The third-order valence-electron chi connectivity index (χ3n) is 5.56. The van der Waals surface area contributed by atoms with Crippen molar-refractivity contribution in [3.05, 3.63) is 0 Å². The molecule has 3 aliphatic rings. The summed E-state index contributed by atoms with van der Waals surface area (Å²) in [5.74, 6) is 1.10. The van der Waals surface area contributed by atoms with Crippen LogP contribution in [-0.2, 0) is 19.5 Å². The van der Waals surface area contributed by atoms with Crippen LogP contribution in [0.25, 0.3) is 0 Å². The highest BCUT2D eigenvalue weighted by Crippen LogP contribution is 2.49. The summed E-state index contributed by atoms with van der Waals surface area (Å²) in [6.45, 7) is 4.58. The SMILES string of the molecule is CS(=O)(=O)N1C[C@@H]2CCC[C@]2(COCC2CCOCC2)C1. The Morgan fingerprint density at radius 2 is 2.05 bits per heavy atom. The largest absolute Gasteiger partial charge is 0.381 e. The van der Waals surface area contributed by atoms with E-state index in [1.165, 1.54) is 12.7 Å². The minimum atomic E-state index is -3.07. The number of rotatable bonds is 5. The van der Waals surface area contributed by atoms with E-state index in [1.807, 2.05) is 0 Å². The first-order valence-electron chi connectivity index (χ1n) is 8.10. The number of hydrogen-bond donors (Lipinski definition) is 0. The van der Waals surface area contributed by atoms with E-state index in [9.17, 15) is 8.42 Å². The van der Waals surface area contributed by atoms with E-state index in [2.05, 4.69) is 0 Å². The number of sulfonamides is 1. The van der Waals surface area contributed by atoms with E-state index < -0.39 is 10.0 Å². The van der Waals surface area contributed by atoms with Gasteiger partial charge < -0.3 is 9.47 Å². The van der Waals surface area contributed by atoms with Crippen LogP contribution in [0.15, 0.2) is 0 Å². The quantitative estimate of drug-likeness (QED) is 0.771. The normalized spacial score (nSPS) is 35.2. The Kier molecular flexibility index (Phi) is 4.60. The number of hydrogen-bond acceptors (Lipinski definition) is 4. The monoisotopic (exact) mass is 317 g/mol. The molecule has 3 fully saturated rings. The molecule has 0 aromatic rings. The van der Waals surface area contributed by atoms with Gasteiger partial charge in [0.25, 0.3) is 0 Å². The molecule has 2 heterocycles. The summed E-state index contributed by atoms with van der Waals surface area (Å²) in [6, 6.07) is 0. The molecule has 2 aliphatic heterocycles. The molecule has 0 radical (unpaired) electrons. The molecule has 0 amide bonds. The Labute approximate surface area is 128 Å². The summed E-state index contributed by atoms with van der Waals surface area (Å²) in [6.07, 6.45) is 6.97. The summed E-state index contributed by atoms with van der Waals surface area (Å²) in [5, 5.41) is 0. The molecule has 0 aromatic carbocycles.